The molecule has 2 N–H and O–H groups in total. The molecule has 0 bridgehead atoms. The molecule has 0 unspecified atom stereocenters. The second-order valence-corrected chi connectivity index (χ2v) is 6.31. The Balaban J connectivity index is 2.02. The van der Waals surface area contributed by atoms with E-state index in [0.29, 0.717) is 18.2 Å². The number of aryl methyl sites for hydroxylation is 2. The van der Waals surface area contributed by atoms with E-state index >= 15 is 0 Å². The van der Waals surface area contributed by atoms with Crippen LogP contribution in [0.5, 0.6) is 0 Å². The third kappa shape index (κ3) is 6.15. The minimum Gasteiger partial charge on any atom is -0.351 e. The van der Waals surface area contributed by atoms with Gasteiger partial charge >= 0.3 is 0 Å². The van der Waals surface area contributed by atoms with E-state index in [4.69, 9.17) is 0 Å². The number of nitrogens with zero attached hydrogens (tertiary/aromatic N) is 3. The van der Waals surface area contributed by atoms with Crippen LogP contribution in [0.2, 0.25) is 0 Å². The molecule has 25 heavy (non-hydrogen) atoms. The van der Waals surface area contributed by atoms with Crippen molar-refractivity contribution in [3.05, 3.63) is 47.3 Å². The zero-order chi connectivity index (χ0) is 18.2. The molecule has 0 spiro atoms. The molecule has 1 heterocycles. The van der Waals surface area contributed by atoms with Crippen molar-refractivity contribution in [2.75, 3.05) is 32.5 Å². The van der Waals surface area contributed by atoms with Gasteiger partial charge in [0.15, 0.2) is 0 Å². The van der Waals surface area contributed by atoms with Crippen molar-refractivity contribution in [2.45, 2.75) is 26.7 Å². The number of nitrogens with one attached hydrogen (secondary N) is 2. The SMILES string of the molecule is CCc1ccc(Nc2nc(C)cc(C(=O)NCCCN(C)C)n2)cc1. The Hall–Kier alpha value is -2.47. The number of carbonyl (C=O) groups is 1. The van der Waals surface area contributed by atoms with Crippen LogP contribution >= 0.6 is 0 Å². The van der Waals surface area contributed by atoms with Crippen LogP contribution in [-0.2, 0) is 6.42 Å². The number of hydrogen-bond acceptors (Lipinski definition) is 5. The summed E-state index contributed by atoms with van der Waals surface area (Å²) >= 11 is 0. The molecule has 1 amide bonds. The number of aromatic nitrogens is 2. The van der Waals surface area contributed by atoms with Crippen LogP contribution in [0.25, 0.3) is 0 Å². The number of carbonyl (C=O) groups excluding carboxylic acids is 1. The molecule has 0 radical (unpaired) electrons. The molecular formula is C19H27N5O. The minimum absolute atomic E-state index is 0.173. The maximum absolute atomic E-state index is 12.3. The third-order valence-corrected chi connectivity index (χ3v) is 3.77. The zero-order valence-electron chi connectivity index (χ0n) is 15.5. The lowest BCUT2D eigenvalue weighted by Gasteiger charge is -2.11. The van der Waals surface area contributed by atoms with Crippen molar-refractivity contribution in [1.29, 1.82) is 0 Å². The summed E-state index contributed by atoms with van der Waals surface area (Å²) in [6.45, 7) is 5.54. The van der Waals surface area contributed by atoms with Gasteiger partial charge in [-0.2, -0.15) is 0 Å². The molecular weight excluding hydrogens is 314 g/mol. The first kappa shape index (κ1) is 18.9. The lowest BCUT2D eigenvalue weighted by molar-refractivity contribution is 0.0947. The van der Waals surface area contributed by atoms with Crippen LogP contribution in [0.1, 0.15) is 35.1 Å². The van der Waals surface area contributed by atoms with Gasteiger partial charge in [0, 0.05) is 17.9 Å². The molecule has 2 rings (SSSR count). The normalized spacial score (nSPS) is 10.8. The van der Waals surface area contributed by atoms with Crippen molar-refractivity contribution in [3.63, 3.8) is 0 Å². The number of benzene rings is 1. The first-order valence-electron chi connectivity index (χ1n) is 8.62. The van der Waals surface area contributed by atoms with E-state index in [1.807, 2.05) is 33.2 Å². The standard InChI is InChI=1S/C19H27N5O/c1-5-15-7-9-16(10-8-15)22-19-21-14(2)13-17(23-19)18(25)20-11-6-12-24(3)4/h7-10,13H,5-6,11-12H2,1-4H3,(H,20,25)(H,21,22,23). The Kier molecular flexibility index (Phi) is 6.89. The summed E-state index contributed by atoms with van der Waals surface area (Å²) in [7, 11) is 4.03. The summed E-state index contributed by atoms with van der Waals surface area (Å²) in [5.41, 5.74) is 3.31. The number of amides is 1. The van der Waals surface area contributed by atoms with Gasteiger partial charge in [-0.05, 0) is 64.2 Å². The van der Waals surface area contributed by atoms with E-state index in [9.17, 15) is 4.79 Å². The fraction of sp³-hybridized carbons (Fsp3) is 0.421. The van der Waals surface area contributed by atoms with Crippen molar-refractivity contribution in [3.8, 4) is 0 Å². The van der Waals surface area contributed by atoms with E-state index < -0.39 is 0 Å². The van der Waals surface area contributed by atoms with E-state index in [2.05, 4.69) is 44.6 Å². The average Bonchev–Trinajstić information content (AvgIpc) is 2.58. The fourth-order valence-corrected chi connectivity index (χ4v) is 2.38. The zero-order valence-corrected chi connectivity index (χ0v) is 15.5. The van der Waals surface area contributed by atoms with Gasteiger partial charge in [-0.1, -0.05) is 19.1 Å². The first-order chi connectivity index (χ1) is 12.0. The van der Waals surface area contributed by atoms with Crippen molar-refractivity contribution in [1.82, 2.24) is 20.2 Å². The molecule has 134 valence electrons. The van der Waals surface area contributed by atoms with Crippen LogP contribution in [0.15, 0.2) is 30.3 Å². The number of rotatable bonds is 8. The average molecular weight is 341 g/mol. The monoisotopic (exact) mass is 341 g/mol. The maximum Gasteiger partial charge on any atom is 0.270 e. The van der Waals surface area contributed by atoms with Gasteiger partial charge in [0.2, 0.25) is 5.95 Å². The minimum atomic E-state index is -0.173. The maximum atomic E-state index is 12.3. The molecule has 6 heteroatoms. The molecule has 1 aromatic carbocycles. The van der Waals surface area contributed by atoms with Gasteiger partial charge in [0.25, 0.3) is 5.91 Å². The Bertz CT molecular complexity index is 697. The Morgan fingerprint density at radius 3 is 2.52 bits per heavy atom. The highest BCUT2D eigenvalue weighted by atomic mass is 16.1. The number of hydrogen-bond donors (Lipinski definition) is 2. The van der Waals surface area contributed by atoms with Crippen LogP contribution in [-0.4, -0.2) is 48.0 Å². The highest BCUT2D eigenvalue weighted by Gasteiger charge is 2.10. The number of anilines is 2. The summed E-state index contributed by atoms with van der Waals surface area (Å²) in [5.74, 6) is 0.260. The fourth-order valence-electron chi connectivity index (χ4n) is 2.38. The smallest absolute Gasteiger partial charge is 0.270 e. The summed E-state index contributed by atoms with van der Waals surface area (Å²) in [6.07, 6.45) is 1.90. The molecule has 0 atom stereocenters. The van der Waals surface area contributed by atoms with Crippen molar-refractivity contribution >= 4 is 17.5 Å². The Labute approximate surface area is 149 Å². The lowest BCUT2D eigenvalue weighted by Crippen LogP contribution is -2.28. The second-order valence-electron chi connectivity index (χ2n) is 6.31. The molecule has 0 saturated carbocycles. The molecule has 2 aromatic rings. The van der Waals surface area contributed by atoms with Crippen LogP contribution in [0.4, 0.5) is 11.6 Å². The molecule has 6 nitrogen and oxygen atoms in total. The van der Waals surface area contributed by atoms with E-state index in [0.717, 1.165) is 30.8 Å². The van der Waals surface area contributed by atoms with Crippen LogP contribution in [0.3, 0.4) is 0 Å². The molecule has 0 fully saturated rings. The van der Waals surface area contributed by atoms with Gasteiger partial charge in [-0.3, -0.25) is 4.79 Å². The summed E-state index contributed by atoms with van der Waals surface area (Å²) < 4.78 is 0. The van der Waals surface area contributed by atoms with Gasteiger partial charge in [0.05, 0.1) is 0 Å². The lowest BCUT2D eigenvalue weighted by atomic mass is 10.1. The highest BCUT2D eigenvalue weighted by Crippen LogP contribution is 2.15. The van der Waals surface area contributed by atoms with Crippen LogP contribution < -0.4 is 10.6 Å². The summed E-state index contributed by atoms with van der Waals surface area (Å²) in [5, 5.41) is 6.07. The predicted octanol–water partition coefficient (Wildman–Crippen LogP) is 2.77. The first-order valence-corrected chi connectivity index (χ1v) is 8.62. The second kappa shape index (κ2) is 9.13. The van der Waals surface area contributed by atoms with Crippen molar-refractivity contribution in [2.24, 2.45) is 0 Å². The van der Waals surface area contributed by atoms with E-state index in [-0.39, 0.29) is 5.91 Å². The molecule has 0 aliphatic rings. The quantitative estimate of drug-likeness (QED) is 0.723. The van der Waals surface area contributed by atoms with E-state index in [1.165, 1.54) is 5.56 Å². The predicted molar refractivity (Wildman–Crippen MR) is 101 cm³/mol. The summed E-state index contributed by atoms with van der Waals surface area (Å²) in [4.78, 5) is 23.1. The molecule has 0 saturated heterocycles. The molecule has 1 aromatic heterocycles. The van der Waals surface area contributed by atoms with Gasteiger partial charge < -0.3 is 15.5 Å². The topological polar surface area (TPSA) is 70.2 Å². The van der Waals surface area contributed by atoms with E-state index in [1.54, 1.807) is 6.07 Å². The largest absolute Gasteiger partial charge is 0.351 e. The third-order valence-electron chi connectivity index (χ3n) is 3.77. The highest BCUT2D eigenvalue weighted by molar-refractivity contribution is 5.92. The van der Waals surface area contributed by atoms with Gasteiger partial charge in [0.1, 0.15) is 5.69 Å². The van der Waals surface area contributed by atoms with Crippen LogP contribution in [0, 0.1) is 6.92 Å². The molecule has 0 aliphatic carbocycles. The van der Waals surface area contributed by atoms with Gasteiger partial charge in [-0.15, -0.1) is 0 Å². The Morgan fingerprint density at radius 2 is 1.88 bits per heavy atom. The van der Waals surface area contributed by atoms with Gasteiger partial charge in [-0.25, -0.2) is 9.97 Å². The van der Waals surface area contributed by atoms with Crippen molar-refractivity contribution < 1.29 is 4.79 Å². The summed E-state index contributed by atoms with van der Waals surface area (Å²) in [6, 6.07) is 9.82. The molecule has 0 aliphatic heterocycles. The Morgan fingerprint density at radius 1 is 1.16 bits per heavy atom.